The summed E-state index contributed by atoms with van der Waals surface area (Å²) in [6.07, 6.45) is 3.76. The Balaban J connectivity index is 1.40. The third kappa shape index (κ3) is 5.26. The van der Waals surface area contributed by atoms with Gasteiger partial charge in [0.05, 0.1) is 52.0 Å². The van der Waals surface area contributed by atoms with Crippen LogP contribution in [0.5, 0.6) is 5.75 Å². The normalized spacial score (nSPS) is 20.3. The average Bonchev–Trinajstić information content (AvgIpc) is 3.79. The highest BCUT2D eigenvalue weighted by molar-refractivity contribution is 7.17. The predicted octanol–water partition coefficient (Wildman–Crippen LogP) is 7.60. The van der Waals surface area contributed by atoms with E-state index in [1.54, 1.807) is 15.6 Å². The minimum atomic E-state index is -0.945. The van der Waals surface area contributed by atoms with Gasteiger partial charge in [0.1, 0.15) is 34.6 Å². The molecule has 9 nitrogen and oxygen atoms in total. The SMILES string of the molecule is C=CC(=O)N1C[C@H](C)n2nc(-c3nc(-c4ccc5cn(C)nc5c4)c4scc(F)c4c3-c3c(F)cc(F)cc3OCC3CC(O)C3)cc2[C@H]1C. The molecule has 4 aromatic heterocycles. The van der Waals surface area contributed by atoms with Crippen LogP contribution in [0.1, 0.15) is 44.5 Å². The predicted molar refractivity (Wildman–Crippen MR) is 185 cm³/mol. The van der Waals surface area contributed by atoms with Gasteiger partial charge in [0.2, 0.25) is 5.91 Å². The number of benzene rings is 2. The van der Waals surface area contributed by atoms with Gasteiger partial charge in [-0.25, -0.2) is 18.2 Å². The number of hydrogen-bond acceptors (Lipinski definition) is 7. The topological polar surface area (TPSA) is 98.3 Å². The fraction of sp³-hybridized carbons (Fsp3) is 0.297. The molecular weight excluding hydrogens is 666 g/mol. The molecule has 2 atom stereocenters. The molecular formula is C37H33F3N6O3S. The van der Waals surface area contributed by atoms with Crippen LogP contribution in [-0.4, -0.2) is 59.7 Å². The van der Waals surface area contributed by atoms with Crippen molar-refractivity contribution in [1.29, 1.82) is 0 Å². The largest absolute Gasteiger partial charge is 0.492 e. The Morgan fingerprint density at radius 2 is 1.88 bits per heavy atom. The number of carbonyl (C=O) groups is 1. The van der Waals surface area contributed by atoms with Crippen LogP contribution in [0.3, 0.4) is 0 Å². The first-order valence-electron chi connectivity index (χ1n) is 16.4. The molecule has 0 unspecified atom stereocenters. The summed E-state index contributed by atoms with van der Waals surface area (Å²) in [6, 6.07) is 8.69. The molecule has 1 aliphatic heterocycles. The Hall–Kier alpha value is -5.01. The van der Waals surface area contributed by atoms with Gasteiger partial charge < -0.3 is 14.7 Å². The summed E-state index contributed by atoms with van der Waals surface area (Å²) in [5.74, 6) is -2.71. The maximum absolute atomic E-state index is 16.3. The van der Waals surface area contributed by atoms with Gasteiger partial charge in [-0.2, -0.15) is 10.2 Å². The molecule has 6 aromatic rings. The zero-order valence-electron chi connectivity index (χ0n) is 27.5. The molecule has 5 heterocycles. The fourth-order valence-corrected chi connectivity index (χ4v) is 8.14. The van der Waals surface area contributed by atoms with E-state index in [-0.39, 0.29) is 58.5 Å². The standard InChI is InChI=1S/C37H33F3N6O3S/c1-5-31(48)45-14-18(2)46-29(19(45)3)13-28(43-46)36-34(32-25(39)11-23(38)12-30(32)49-16-20-8-24(47)9-20)33-26(40)17-50-37(33)35(41-36)21-6-7-22-15-44(4)42-27(22)10-21/h5-7,10-13,15,17-20,24,47H,1,8-9,14,16H2,2-4H3/t18-,19+,20?,24?/m0/s1. The van der Waals surface area contributed by atoms with E-state index in [1.807, 2.05) is 50.0 Å². The maximum Gasteiger partial charge on any atom is 0.246 e. The molecule has 0 spiro atoms. The van der Waals surface area contributed by atoms with Gasteiger partial charge in [0.15, 0.2) is 0 Å². The molecule has 2 aliphatic rings. The van der Waals surface area contributed by atoms with Crippen molar-refractivity contribution < 1.29 is 27.8 Å². The van der Waals surface area contributed by atoms with Crippen molar-refractivity contribution in [2.75, 3.05) is 13.2 Å². The van der Waals surface area contributed by atoms with E-state index in [9.17, 15) is 14.3 Å². The molecule has 8 rings (SSSR count). The van der Waals surface area contributed by atoms with Gasteiger partial charge in [-0.1, -0.05) is 18.7 Å². The number of hydrogen-bond donors (Lipinski definition) is 1. The van der Waals surface area contributed by atoms with Crippen LogP contribution in [0.4, 0.5) is 13.2 Å². The van der Waals surface area contributed by atoms with Crippen LogP contribution in [0.2, 0.25) is 0 Å². The first kappa shape index (κ1) is 32.2. The number of aryl methyl sites for hydroxylation is 1. The highest BCUT2D eigenvalue weighted by Gasteiger charge is 2.35. The second kappa shape index (κ2) is 12.1. The summed E-state index contributed by atoms with van der Waals surface area (Å²) in [5.41, 5.74) is 2.98. The Labute approximate surface area is 289 Å². The number of carbonyl (C=O) groups excluding carboxylic acids is 1. The third-order valence-corrected chi connectivity index (χ3v) is 10.7. The number of amides is 1. The van der Waals surface area contributed by atoms with Crippen LogP contribution in [0, 0.1) is 23.4 Å². The molecule has 1 amide bonds. The minimum absolute atomic E-state index is 0.00706. The molecule has 1 N–H and O–H groups in total. The molecule has 1 aliphatic carbocycles. The lowest BCUT2D eigenvalue weighted by molar-refractivity contribution is -0.129. The lowest BCUT2D eigenvalue weighted by Gasteiger charge is -2.36. The van der Waals surface area contributed by atoms with Crippen molar-refractivity contribution in [2.45, 2.75) is 44.9 Å². The van der Waals surface area contributed by atoms with Crippen LogP contribution in [0.15, 0.2) is 60.6 Å². The zero-order chi connectivity index (χ0) is 35.0. The summed E-state index contributed by atoms with van der Waals surface area (Å²) in [7, 11) is 1.83. The molecule has 0 bridgehead atoms. The van der Waals surface area contributed by atoms with E-state index in [0.717, 1.165) is 34.4 Å². The Kier molecular flexibility index (Phi) is 7.79. The number of aromatic nitrogens is 5. The minimum Gasteiger partial charge on any atom is -0.492 e. The van der Waals surface area contributed by atoms with Gasteiger partial charge in [-0.3, -0.25) is 14.2 Å². The van der Waals surface area contributed by atoms with Crippen molar-refractivity contribution in [2.24, 2.45) is 13.0 Å². The highest BCUT2D eigenvalue weighted by atomic mass is 32.1. The number of aliphatic hydroxyl groups is 1. The molecule has 13 heteroatoms. The smallest absolute Gasteiger partial charge is 0.246 e. The van der Waals surface area contributed by atoms with E-state index in [2.05, 4.69) is 11.7 Å². The number of rotatable bonds is 7. The zero-order valence-corrected chi connectivity index (χ0v) is 28.3. The summed E-state index contributed by atoms with van der Waals surface area (Å²) in [6.45, 7) is 7.97. The number of fused-ring (bicyclic) bond motifs is 3. The number of ether oxygens (including phenoxy) is 1. The summed E-state index contributed by atoms with van der Waals surface area (Å²) < 4.78 is 57.4. The molecule has 0 saturated heterocycles. The van der Waals surface area contributed by atoms with Crippen LogP contribution in [-0.2, 0) is 11.8 Å². The molecule has 50 heavy (non-hydrogen) atoms. The Morgan fingerprint density at radius 3 is 2.64 bits per heavy atom. The Bertz CT molecular complexity index is 2340. The number of pyridine rings is 1. The highest BCUT2D eigenvalue weighted by Crippen LogP contribution is 2.49. The number of thiophene rings is 1. The summed E-state index contributed by atoms with van der Waals surface area (Å²) in [4.78, 5) is 19.6. The second-order valence-electron chi connectivity index (χ2n) is 13.2. The summed E-state index contributed by atoms with van der Waals surface area (Å²) >= 11 is 1.13. The van der Waals surface area contributed by atoms with E-state index in [0.29, 0.717) is 46.7 Å². The first-order chi connectivity index (χ1) is 24.0. The van der Waals surface area contributed by atoms with Gasteiger partial charge in [-0.15, -0.1) is 11.3 Å². The van der Waals surface area contributed by atoms with E-state index in [4.69, 9.17) is 14.8 Å². The average molecular weight is 699 g/mol. The first-order valence-corrected chi connectivity index (χ1v) is 17.3. The molecule has 1 fully saturated rings. The summed E-state index contributed by atoms with van der Waals surface area (Å²) in [5, 5.41) is 21.7. The van der Waals surface area contributed by atoms with Crippen molar-refractivity contribution in [3.8, 4) is 39.5 Å². The Morgan fingerprint density at radius 1 is 1.08 bits per heavy atom. The molecule has 256 valence electrons. The monoisotopic (exact) mass is 698 g/mol. The number of aliphatic hydroxyl groups excluding tert-OH is 1. The van der Waals surface area contributed by atoms with Gasteiger partial charge in [0, 0.05) is 59.2 Å². The molecule has 2 aromatic carbocycles. The van der Waals surface area contributed by atoms with E-state index >= 15 is 8.78 Å². The van der Waals surface area contributed by atoms with Crippen LogP contribution < -0.4 is 4.74 Å². The lowest BCUT2D eigenvalue weighted by Crippen LogP contribution is -2.42. The fourth-order valence-electron chi connectivity index (χ4n) is 7.21. The quantitative estimate of drug-likeness (QED) is 0.173. The van der Waals surface area contributed by atoms with Crippen LogP contribution in [0.25, 0.3) is 54.8 Å². The van der Waals surface area contributed by atoms with Gasteiger partial charge in [-0.05, 0) is 50.8 Å². The van der Waals surface area contributed by atoms with Crippen molar-refractivity contribution in [3.05, 3.63) is 83.8 Å². The van der Waals surface area contributed by atoms with Crippen LogP contribution >= 0.6 is 11.3 Å². The van der Waals surface area contributed by atoms with Gasteiger partial charge >= 0.3 is 0 Å². The number of halogens is 3. The lowest BCUT2D eigenvalue weighted by atomic mass is 9.83. The molecule has 1 saturated carbocycles. The van der Waals surface area contributed by atoms with Crippen molar-refractivity contribution in [1.82, 2.24) is 29.4 Å². The molecule has 0 radical (unpaired) electrons. The van der Waals surface area contributed by atoms with Crippen molar-refractivity contribution >= 4 is 38.2 Å². The second-order valence-corrected chi connectivity index (χ2v) is 14.1. The number of nitrogens with zero attached hydrogens (tertiary/aromatic N) is 6. The van der Waals surface area contributed by atoms with E-state index < -0.39 is 23.6 Å². The van der Waals surface area contributed by atoms with Gasteiger partial charge in [0.25, 0.3) is 0 Å². The maximum atomic E-state index is 16.3. The third-order valence-electron chi connectivity index (χ3n) is 9.76. The van der Waals surface area contributed by atoms with E-state index in [1.165, 1.54) is 11.5 Å². The van der Waals surface area contributed by atoms with Crippen molar-refractivity contribution in [3.63, 3.8) is 0 Å².